The van der Waals surface area contributed by atoms with Gasteiger partial charge in [-0.05, 0) is 31.5 Å². The van der Waals surface area contributed by atoms with Gasteiger partial charge >= 0.3 is 0 Å². The van der Waals surface area contributed by atoms with Gasteiger partial charge in [0.15, 0.2) is 11.5 Å². The molecular weight excluding hydrogens is 251 g/mol. The quantitative estimate of drug-likeness (QED) is 0.903. The molecular formula is C13H13FN2O3. The van der Waals surface area contributed by atoms with E-state index >= 15 is 0 Å². The minimum atomic E-state index is -1.50. The Hall–Kier alpha value is -2.24. The summed E-state index contributed by atoms with van der Waals surface area (Å²) in [5, 5.41) is 3.83. The number of hydrogen-bond acceptors (Lipinski definition) is 5. The summed E-state index contributed by atoms with van der Waals surface area (Å²) in [7, 11) is 0. The van der Waals surface area contributed by atoms with Crippen LogP contribution < -0.4 is 15.2 Å². The van der Waals surface area contributed by atoms with E-state index in [1.165, 1.54) is 13.8 Å². The molecule has 0 aliphatic carbocycles. The predicted octanol–water partition coefficient (Wildman–Crippen LogP) is 2.86. The maximum atomic E-state index is 14.1. The second kappa shape index (κ2) is 3.88. The fourth-order valence-electron chi connectivity index (χ4n) is 1.96. The zero-order valence-corrected chi connectivity index (χ0v) is 10.6. The molecule has 0 saturated carbocycles. The highest BCUT2D eigenvalue weighted by atomic mass is 19.1. The number of ether oxygens (including phenoxy) is 2. The molecule has 5 nitrogen and oxygen atoms in total. The number of anilines is 1. The molecule has 3 rings (SSSR count). The van der Waals surface area contributed by atoms with Gasteiger partial charge < -0.3 is 19.7 Å². The number of fused-ring (bicyclic) bond motifs is 1. The van der Waals surface area contributed by atoms with Gasteiger partial charge in [-0.25, -0.2) is 4.39 Å². The summed E-state index contributed by atoms with van der Waals surface area (Å²) < 4.78 is 29.7. The Kier molecular flexibility index (Phi) is 2.41. The van der Waals surface area contributed by atoms with Gasteiger partial charge in [0.1, 0.15) is 11.4 Å². The summed E-state index contributed by atoms with van der Waals surface area (Å²) in [6, 6.07) is 4.87. The van der Waals surface area contributed by atoms with Gasteiger partial charge in [-0.15, -0.1) is 0 Å². The Bertz CT molecular complexity index is 631. The van der Waals surface area contributed by atoms with Gasteiger partial charge in [0.25, 0.3) is 0 Å². The maximum Gasteiger partial charge on any atom is 0.231 e. The van der Waals surface area contributed by atoms with Crippen LogP contribution in [0.2, 0.25) is 0 Å². The van der Waals surface area contributed by atoms with Crippen LogP contribution in [0.3, 0.4) is 0 Å². The molecule has 1 aliphatic rings. The standard InChI is InChI=1S/C13H13FN2O3/c1-13(2,14)7-3-8(9-5-11(15)19-16-9)12-10(4-7)17-6-18-12/h3-5H,6,15H2,1-2H3. The Morgan fingerprint density at radius 2 is 2.05 bits per heavy atom. The lowest BCUT2D eigenvalue weighted by molar-refractivity contribution is 0.173. The highest BCUT2D eigenvalue weighted by Gasteiger charge is 2.27. The van der Waals surface area contributed by atoms with Crippen molar-refractivity contribution in [3.63, 3.8) is 0 Å². The molecule has 6 heteroatoms. The molecule has 2 N–H and O–H groups in total. The van der Waals surface area contributed by atoms with Crippen LogP contribution in [0.5, 0.6) is 11.5 Å². The molecule has 0 amide bonds. The van der Waals surface area contributed by atoms with Crippen molar-refractivity contribution in [1.82, 2.24) is 5.16 Å². The first-order valence-electron chi connectivity index (χ1n) is 5.81. The van der Waals surface area contributed by atoms with E-state index in [9.17, 15) is 4.39 Å². The topological polar surface area (TPSA) is 70.5 Å². The number of halogens is 1. The summed E-state index contributed by atoms with van der Waals surface area (Å²) in [6.07, 6.45) is 0. The second-order valence-electron chi connectivity index (χ2n) is 4.84. The number of alkyl halides is 1. The van der Waals surface area contributed by atoms with Gasteiger partial charge in [-0.2, -0.15) is 0 Å². The molecule has 2 heterocycles. The van der Waals surface area contributed by atoms with E-state index in [0.29, 0.717) is 28.3 Å². The van der Waals surface area contributed by atoms with E-state index in [1.807, 2.05) is 0 Å². The number of nitrogens with two attached hydrogens (primary N) is 1. The van der Waals surface area contributed by atoms with Crippen LogP contribution in [0.15, 0.2) is 22.7 Å². The molecule has 0 unspecified atom stereocenters. The summed E-state index contributed by atoms with van der Waals surface area (Å²) in [4.78, 5) is 0. The molecule has 0 spiro atoms. The zero-order chi connectivity index (χ0) is 13.6. The summed E-state index contributed by atoms with van der Waals surface area (Å²) in [5.74, 6) is 1.22. The first-order valence-corrected chi connectivity index (χ1v) is 5.81. The van der Waals surface area contributed by atoms with Gasteiger partial charge in [0.05, 0.1) is 5.56 Å². The molecule has 0 fully saturated rings. The molecule has 1 aliphatic heterocycles. The third-order valence-corrected chi connectivity index (χ3v) is 2.96. The number of hydrogen-bond donors (Lipinski definition) is 1. The van der Waals surface area contributed by atoms with Crippen LogP contribution in [0.1, 0.15) is 19.4 Å². The van der Waals surface area contributed by atoms with Crippen LogP contribution in [-0.2, 0) is 5.67 Å². The van der Waals surface area contributed by atoms with Crippen LogP contribution in [0.4, 0.5) is 10.3 Å². The van der Waals surface area contributed by atoms with Crippen LogP contribution in [0.25, 0.3) is 11.3 Å². The molecule has 1 aromatic heterocycles. The molecule has 0 atom stereocenters. The molecule has 100 valence electrons. The molecule has 19 heavy (non-hydrogen) atoms. The summed E-state index contributed by atoms with van der Waals surface area (Å²) >= 11 is 0. The van der Waals surface area contributed by atoms with Crippen LogP contribution in [0, 0.1) is 0 Å². The Morgan fingerprint density at radius 1 is 1.26 bits per heavy atom. The SMILES string of the molecule is CC(C)(F)c1cc2c(c(-c3cc(N)on3)c1)OCO2. The average molecular weight is 264 g/mol. The van der Waals surface area contributed by atoms with Crippen molar-refractivity contribution in [2.75, 3.05) is 12.5 Å². The van der Waals surface area contributed by atoms with Crippen molar-refractivity contribution in [2.24, 2.45) is 0 Å². The lowest BCUT2D eigenvalue weighted by Crippen LogP contribution is -2.09. The van der Waals surface area contributed by atoms with Crippen molar-refractivity contribution in [1.29, 1.82) is 0 Å². The fraction of sp³-hybridized carbons (Fsp3) is 0.308. The zero-order valence-electron chi connectivity index (χ0n) is 10.6. The summed E-state index contributed by atoms with van der Waals surface area (Å²) in [5.41, 5.74) is 5.59. The normalized spacial score (nSPS) is 13.8. The van der Waals surface area contributed by atoms with Crippen molar-refractivity contribution in [3.05, 3.63) is 23.8 Å². The maximum absolute atomic E-state index is 14.1. The molecule has 0 bridgehead atoms. The number of aromatic nitrogens is 1. The number of rotatable bonds is 2. The van der Waals surface area contributed by atoms with Gasteiger partial charge in [-0.1, -0.05) is 5.16 Å². The van der Waals surface area contributed by atoms with Crippen LogP contribution in [-0.4, -0.2) is 11.9 Å². The van der Waals surface area contributed by atoms with Gasteiger partial charge in [-0.3, -0.25) is 0 Å². The van der Waals surface area contributed by atoms with E-state index in [1.54, 1.807) is 18.2 Å². The van der Waals surface area contributed by atoms with Crippen molar-refractivity contribution >= 4 is 5.88 Å². The Morgan fingerprint density at radius 3 is 2.68 bits per heavy atom. The lowest BCUT2D eigenvalue weighted by atomic mass is 9.96. The van der Waals surface area contributed by atoms with E-state index < -0.39 is 5.67 Å². The van der Waals surface area contributed by atoms with Crippen molar-refractivity contribution in [2.45, 2.75) is 19.5 Å². The van der Waals surface area contributed by atoms with Crippen molar-refractivity contribution < 1.29 is 18.4 Å². The minimum absolute atomic E-state index is 0.103. The average Bonchev–Trinajstić information content (AvgIpc) is 2.94. The monoisotopic (exact) mass is 264 g/mol. The highest BCUT2D eigenvalue weighted by molar-refractivity contribution is 5.74. The highest BCUT2D eigenvalue weighted by Crippen LogP contribution is 2.44. The molecule has 0 saturated heterocycles. The lowest BCUT2D eigenvalue weighted by Gasteiger charge is -2.16. The van der Waals surface area contributed by atoms with E-state index in [0.717, 1.165) is 0 Å². The Labute approximate surface area is 109 Å². The third kappa shape index (κ3) is 1.99. The first kappa shape index (κ1) is 11.8. The van der Waals surface area contributed by atoms with Crippen LogP contribution >= 0.6 is 0 Å². The molecule has 2 aromatic rings. The van der Waals surface area contributed by atoms with E-state index in [2.05, 4.69) is 5.16 Å². The second-order valence-corrected chi connectivity index (χ2v) is 4.84. The van der Waals surface area contributed by atoms with Crippen molar-refractivity contribution in [3.8, 4) is 22.8 Å². The number of nitrogen functional groups attached to an aromatic ring is 1. The van der Waals surface area contributed by atoms with Gasteiger partial charge in [0, 0.05) is 6.07 Å². The number of benzene rings is 1. The minimum Gasteiger partial charge on any atom is -0.454 e. The van der Waals surface area contributed by atoms with Gasteiger partial charge in [0.2, 0.25) is 12.7 Å². The summed E-state index contributed by atoms with van der Waals surface area (Å²) in [6.45, 7) is 3.06. The molecule has 0 radical (unpaired) electrons. The smallest absolute Gasteiger partial charge is 0.231 e. The van der Waals surface area contributed by atoms with E-state index in [-0.39, 0.29) is 12.7 Å². The predicted molar refractivity (Wildman–Crippen MR) is 66.6 cm³/mol. The number of nitrogens with zero attached hydrogens (tertiary/aromatic N) is 1. The first-order chi connectivity index (χ1) is 8.95. The molecule has 1 aromatic carbocycles. The fourth-order valence-corrected chi connectivity index (χ4v) is 1.96. The third-order valence-electron chi connectivity index (χ3n) is 2.96. The largest absolute Gasteiger partial charge is 0.454 e. The van der Waals surface area contributed by atoms with E-state index in [4.69, 9.17) is 19.7 Å². The Balaban J connectivity index is 2.20.